The van der Waals surface area contributed by atoms with Crippen LogP contribution in [0, 0.1) is 0 Å². The van der Waals surface area contributed by atoms with Crippen LogP contribution in [-0.2, 0) is 24.6 Å². The Labute approximate surface area is 186 Å². The highest BCUT2D eigenvalue weighted by atomic mass is 127. The summed E-state index contributed by atoms with van der Waals surface area (Å²) in [5, 5.41) is 9.64. The molecule has 1 saturated heterocycles. The van der Waals surface area contributed by atoms with Crippen LogP contribution < -0.4 is 10.6 Å². The first kappa shape index (κ1) is 25.5. The average Bonchev–Trinajstić information content (AvgIpc) is 2.89. The number of carbonyl (C=O) groups excluding carboxylic acids is 1. The summed E-state index contributed by atoms with van der Waals surface area (Å²) in [7, 11) is 1.45. The van der Waals surface area contributed by atoms with Crippen LogP contribution in [0.2, 0.25) is 0 Å². The zero-order chi connectivity index (χ0) is 20.6. The van der Waals surface area contributed by atoms with Crippen molar-refractivity contribution >= 4 is 35.8 Å². The van der Waals surface area contributed by atoms with Crippen LogP contribution in [-0.4, -0.2) is 52.7 Å². The number of rotatable bonds is 7. The van der Waals surface area contributed by atoms with E-state index in [1.54, 1.807) is 0 Å². The monoisotopic (exact) mass is 530 g/mol. The Balaban J connectivity index is 0.00000420. The molecule has 1 aliphatic rings. The minimum atomic E-state index is -4.50. The van der Waals surface area contributed by atoms with Gasteiger partial charge >= 0.3 is 6.18 Å². The van der Waals surface area contributed by atoms with E-state index in [0.29, 0.717) is 32.0 Å². The normalized spacial score (nSPS) is 15.7. The van der Waals surface area contributed by atoms with Gasteiger partial charge in [-0.25, -0.2) is 4.99 Å². The van der Waals surface area contributed by atoms with E-state index in [9.17, 15) is 18.0 Å². The lowest BCUT2D eigenvalue weighted by Gasteiger charge is -2.20. The molecule has 0 aromatic carbocycles. The van der Waals surface area contributed by atoms with Crippen LogP contribution in [0.1, 0.15) is 50.3 Å². The van der Waals surface area contributed by atoms with Crippen molar-refractivity contribution in [2.45, 2.75) is 51.7 Å². The van der Waals surface area contributed by atoms with Crippen molar-refractivity contribution in [3.05, 3.63) is 17.5 Å². The number of aliphatic imine (C=N–C) groups is 1. The summed E-state index contributed by atoms with van der Waals surface area (Å²) in [5.74, 6) is 0.649. The summed E-state index contributed by atoms with van der Waals surface area (Å²) in [6.07, 6.45) is 1.28. The molecule has 7 nitrogen and oxygen atoms in total. The Morgan fingerprint density at radius 2 is 2.03 bits per heavy atom. The highest BCUT2D eigenvalue weighted by molar-refractivity contribution is 14.0. The zero-order valence-corrected chi connectivity index (χ0v) is 19.2. The first-order chi connectivity index (χ1) is 13.3. The van der Waals surface area contributed by atoms with Crippen molar-refractivity contribution in [3.63, 3.8) is 0 Å². The van der Waals surface area contributed by atoms with Gasteiger partial charge in [0.25, 0.3) is 0 Å². The lowest BCUT2D eigenvalue weighted by Crippen LogP contribution is -2.39. The number of nitrogens with one attached hydrogen (secondary N) is 2. The second kappa shape index (κ2) is 12.2. The molecule has 29 heavy (non-hydrogen) atoms. The molecule has 0 spiro atoms. The summed E-state index contributed by atoms with van der Waals surface area (Å²) >= 11 is 0. The van der Waals surface area contributed by atoms with E-state index in [0.717, 1.165) is 36.9 Å². The van der Waals surface area contributed by atoms with Crippen molar-refractivity contribution in [2.75, 3.05) is 26.2 Å². The van der Waals surface area contributed by atoms with Gasteiger partial charge < -0.3 is 15.5 Å². The fourth-order valence-corrected chi connectivity index (χ4v) is 3.15. The van der Waals surface area contributed by atoms with Crippen molar-refractivity contribution in [2.24, 2.45) is 12.0 Å². The maximum absolute atomic E-state index is 13.0. The summed E-state index contributed by atoms with van der Waals surface area (Å²) in [6, 6.07) is 0. The number of likely N-dealkylation sites (tertiary alicyclic amines) is 1. The Morgan fingerprint density at radius 1 is 1.28 bits per heavy atom. The van der Waals surface area contributed by atoms with E-state index in [1.165, 1.54) is 13.2 Å². The predicted octanol–water partition coefficient (Wildman–Crippen LogP) is 2.90. The number of halogens is 4. The minimum Gasteiger partial charge on any atom is -0.357 e. The van der Waals surface area contributed by atoms with Crippen LogP contribution >= 0.6 is 24.0 Å². The predicted molar refractivity (Wildman–Crippen MR) is 116 cm³/mol. The van der Waals surface area contributed by atoms with Gasteiger partial charge in [0, 0.05) is 51.4 Å². The number of aryl methyl sites for hydroxylation is 1. The largest absolute Gasteiger partial charge is 0.435 e. The third-order valence-electron chi connectivity index (χ3n) is 4.49. The van der Waals surface area contributed by atoms with Gasteiger partial charge in [-0.2, -0.15) is 18.3 Å². The number of alkyl halides is 3. The number of nitrogens with zero attached hydrogens (tertiary/aromatic N) is 4. The fraction of sp³-hybridized carbons (Fsp3) is 0.722. The molecule has 1 aromatic rings. The molecule has 2 N–H and O–H groups in total. The van der Waals surface area contributed by atoms with Crippen LogP contribution in [0.25, 0.3) is 0 Å². The lowest BCUT2D eigenvalue weighted by atomic mass is 10.2. The molecular formula is C18H30F3IN6O. The molecule has 1 aromatic heterocycles. The van der Waals surface area contributed by atoms with Crippen LogP contribution in [0.3, 0.4) is 0 Å². The number of aromatic nitrogens is 2. The van der Waals surface area contributed by atoms with E-state index < -0.39 is 11.9 Å². The van der Waals surface area contributed by atoms with E-state index in [4.69, 9.17) is 0 Å². The van der Waals surface area contributed by atoms with Crippen molar-refractivity contribution in [1.29, 1.82) is 0 Å². The van der Waals surface area contributed by atoms with Crippen LogP contribution in [0.5, 0.6) is 0 Å². The summed E-state index contributed by atoms with van der Waals surface area (Å²) in [4.78, 5) is 18.1. The van der Waals surface area contributed by atoms with E-state index >= 15 is 0 Å². The number of guanidine groups is 1. The van der Waals surface area contributed by atoms with E-state index in [-0.39, 0.29) is 42.0 Å². The standard InChI is InChI=1S/C18H29F3N6O.HI/c1-3-22-17(23-9-7-11-27-10-6-4-5-8-15(27)28)24-12-14-13-26(2)25-16(14)18(19,20)21;/h13H,3-12H2,1-2H3,(H2,22,23,24);1H. The third kappa shape index (κ3) is 8.39. The van der Waals surface area contributed by atoms with Crippen LogP contribution in [0.15, 0.2) is 11.2 Å². The maximum Gasteiger partial charge on any atom is 0.435 e. The number of carbonyl (C=O) groups is 1. The van der Waals surface area contributed by atoms with Crippen molar-refractivity contribution < 1.29 is 18.0 Å². The summed E-state index contributed by atoms with van der Waals surface area (Å²) in [5.41, 5.74) is -0.878. The topological polar surface area (TPSA) is 74.6 Å². The van der Waals surface area contributed by atoms with Gasteiger partial charge in [0.15, 0.2) is 11.7 Å². The number of amides is 1. The molecule has 2 rings (SSSR count). The molecule has 2 heterocycles. The first-order valence-corrected chi connectivity index (χ1v) is 9.71. The van der Waals surface area contributed by atoms with Gasteiger partial charge in [-0.15, -0.1) is 24.0 Å². The molecule has 0 saturated carbocycles. The molecule has 0 atom stereocenters. The molecule has 1 fully saturated rings. The molecule has 0 aliphatic carbocycles. The second-order valence-corrected chi connectivity index (χ2v) is 6.84. The molecule has 166 valence electrons. The Morgan fingerprint density at radius 3 is 2.72 bits per heavy atom. The van der Waals surface area contributed by atoms with Crippen LogP contribution in [0.4, 0.5) is 13.2 Å². The molecule has 1 aliphatic heterocycles. The van der Waals surface area contributed by atoms with Crippen molar-refractivity contribution in [3.8, 4) is 0 Å². The molecule has 1 amide bonds. The Kier molecular flexibility index (Phi) is 10.8. The highest BCUT2D eigenvalue weighted by Gasteiger charge is 2.36. The quantitative estimate of drug-likeness (QED) is 0.246. The van der Waals surface area contributed by atoms with Gasteiger partial charge in [-0.3, -0.25) is 9.48 Å². The first-order valence-electron chi connectivity index (χ1n) is 9.71. The van der Waals surface area contributed by atoms with Gasteiger partial charge in [0.05, 0.1) is 6.54 Å². The molecule has 0 unspecified atom stereocenters. The molecule has 11 heteroatoms. The third-order valence-corrected chi connectivity index (χ3v) is 4.49. The number of hydrogen-bond donors (Lipinski definition) is 2. The average molecular weight is 530 g/mol. The van der Waals surface area contributed by atoms with Crippen molar-refractivity contribution in [1.82, 2.24) is 25.3 Å². The van der Waals surface area contributed by atoms with Gasteiger partial charge in [0.1, 0.15) is 0 Å². The van der Waals surface area contributed by atoms with Gasteiger partial charge in [-0.1, -0.05) is 6.42 Å². The Bertz CT molecular complexity index is 677. The lowest BCUT2D eigenvalue weighted by molar-refractivity contribution is -0.142. The molecule has 0 radical (unpaired) electrons. The van der Waals surface area contributed by atoms with Gasteiger partial charge in [0.2, 0.25) is 5.91 Å². The maximum atomic E-state index is 13.0. The zero-order valence-electron chi connectivity index (χ0n) is 16.9. The fourth-order valence-electron chi connectivity index (χ4n) is 3.15. The molecular weight excluding hydrogens is 500 g/mol. The summed E-state index contributed by atoms with van der Waals surface area (Å²) < 4.78 is 40.2. The van der Waals surface area contributed by atoms with E-state index in [2.05, 4.69) is 20.7 Å². The minimum absolute atomic E-state index is 0. The second-order valence-electron chi connectivity index (χ2n) is 6.84. The molecule has 0 bridgehead atoms. The highest BCUT2D eigenvalue weighted by Crippen LogP contribution is 2.30. The SMILES string of the molecule is CCNC(=NCc1cn(C)nc1C(F)(F)F)NCCCN1CCCCCC1=O.I. The number of hydrogen-bond acceptors (Lipinski definition) is 3. The van der Waals surface area contributed by atoms with Gasteiger partial charge in [-0.05, 0) is 26.2 Å². The van der Waals surface area contributed by atoms with E-state index in [1.807, 2.05) is 11.8 Å². The summed E-state index contributed by atoms with van der Waals surface area (Å²) in [6.45, 7) is 4.41. The smallest absolute Gasteiger partial charge is 0.357 e. The Hall–Kier alpha value is -1.53.